The van der Waals surface area contributed by atoms with E-state index in [4.69, 9.17) is 33.9 Å². The summed E-state index contributed by atoms with van der Waals surface area (Å²) < 4.78 is 22.3. The van der Waals surface area contributed by atoms with Crippen LogP contribution in [-0.4, -0.2) is 14.3 Å². The van der Waals surface area contributed by atoms with E-state index in [1.54, 1.807) is 6.07 Å². The van der Waals surface area contributed by atoms with Gasteiger partial charge in [-0.15, -0.1) is 11.3 Å². The molecule has 9 heteroatoms. The molecule has 112 valence electrons. The summed E-state index contributed by atoms with van der Waals surface area (Å²) >= 11 is 12.6. The second kappa shape index (κ2) is 6.54. The average Bonchev–Trinajstić information content (AvgIpc) is 2.83. The van der Waals surface area contributed by atoms with Gasteiger partial charge in [0.15, 0.2) is 0 Å². The summed E-state index contributed by atoms with van der Waals surface area (Å²) in [5.41, 5.74) is 0.328. The van der Waals surface area contributed by atoms with Crippen LogP contribution in [0.2, 0.25) is 10.0 Å². The molecule has 0 atom stereocenters. The molecule has 1 heterocycles. The van der Waals surface area contributed by atoms with Crippen LogP contribution in [-0.2, 0) is 15.6 Å². The third-order valence-corrected chi connectivity index (χ3v) is 6.04. The smallest absolute Gasteiger partial charge is 0.270 e. The fourth-order valence-electron chi connectivity index (χ4n) is 1.54. The zero-order valence-corrected chi connectivity index (χ0v) is 14.2. The molecule has 0 bridgehead atoms. The van der Waals surface area contributed by atoms with E-state index in [1.807, 2.05) is 0 Å². The fourth-order valence-corrected chi connectivity index (χ4v) is 4.13. The van der Waals surface area contributed by atoms with Gasteiger partial charge in [0, 0.05) is 31.2 Å². The van der Waals surface area contributed by atoms with Gasteiger partial charge in [-0.2, -0.15) is 0 Å². The molecule has 0 aliphatic rings. The van der Waals surface area contributed by atoms with Gasteiger partial charge in [0.25, 0.3) is 15.0 Å². The molecule has 0 aliphatic carbocycles. The maximum absolute atomic E-state index is 12.0. The number of hydrogen-bond donors (Lipinski definition) is 1. The van der Waals surface area contributed by atoms with Gasteiger partial charge in [0.2, 0.25) is 0 Å². The lowest BCUT2D eigenvalue weighted by molar-refractivity contribution is 0.0951. The molecule has 1 aromatic heterocycles. The largest absolute Gasteiger partial charge is 0.347 e. The normalized spacial score (nSPS) is 11.4. The molecule has 0 unspecified atom stereocenters. The van der Waals surface area contributed by atoms with Gasteiger partial charge in [0.05, 0.1) is 6.54 Å². The Kier molecular flexibility index (Phi) is 5.16. The molecule has 4 nitrogen and oxygen atoms in total. The second-order valence-corrected chi connectivity index (χ2v) is 8.83. The molecule has 0 radical (unpaired) electrons. The van der Waals surface area contributed by atoms with Crippen molar-refractivity contribution in [2.24, 2.45) is 0 Å². The molecule has 1 aromatic carbocycles. The lowest BCUT2D eigenvalue weighted by Crippen LogP contribution is -2.22. The zero-order chi connectivity index (χ0) is 15.6. The first-order valence-corrected chi connectivity index (χ1v) is 9.41. The van der Waals surface area contributed by atoms with Gasteiger partial charge in [-0.05, 0) is 30.3 Å². The highest BCUT2D eigenvalue weighted by molar-refractivity contribution is 8.15. The molecule has 2 aromatic rings. The van der Waals surface area contributed by atoms with E-state index >= 15 is 0 Å². The Morgan fingerprint density at radius 1 is 1.14 bits per heavy atom. The monoisotopic (exact) mass is 383 g/mol. The average molecular weight is 385 g/mol. The highest BCUT2D eigenvalue weighted by Gasteiger charge is 2.14. The summed E-state index contributed by atoms with van der Waals surface area (Å²) in [5.74, 6) is -0.358. The van der Waals surface area contributed by atoms with E-state index in [0.717, 1.165) is 11.3 Å². The van der Waals surface area contributed by atoms with Crippen LogP contribution in [0.5, 0.6) is 0 Å². The lowest BCUT2D eigenvalue weighted by atomic mass is 10.2. The number of thiophene rings is 1. The van der Waals surface area contributed by atoms with Gasteiger partial charge in [-0.3, -0.25) is 4.79 Å². The Morgan fingerprint density at radius 3 is 2.29 bits per heavy atom. The highest BCUT2D eigenvalue weighted by atomic mass is 35.7. The summed E-state index contributed by atoms with van der Waals surface area (Å²) in [6, 6.07) is 7.49. The SMILES string of the molecule is O=C(NCc1ccc(S(=O)(=O)Cl)s1)c1cc(Cl)cc(Cl)c1. The standard InChI is InChI=1S/C12H8Cl3NO3S2/c13-8-3-7(4-9(14)5-8)12(17)16-6-10-1-2-11(20-10)21(15,18)19/h1-5H,6H2,(H,16,17). The summed E-state index contributed by atoms with van der Waals surface area (Å²) in [6.45, 7) is 0.181. The molecule has 0 aliphatic heterocycles. The number of hydrogen-bond acceptors (Lipinski definition) is 4. The quantitative estimate of drug-likeness (QED) is 0.813. The molecule has 0 fully saturated rings. The topological polar surface area (TPSA) is 63.2 Å². The van der Waals surface area contributed by atoms with Crippen LogP contribution in [0.25, 0.3) is 0 Å². The third-order valence-electron chi connectivity index (χ3n) is 2.43. The fraction of sp³-hybridized carbons (Fsp3) is 0.0833. The van der Waals surface area contributed by atoms with Crippen molar-refractivity contribution in [1.29, 1.82) is 0 Å². The molecular formula is C12H8Cl3NO3S2. The van der Waals surface area contributed by atoms with E-state index in [9.17, 15) is 13.2 Å². The van der Waals surface area contributed by atoms with Crippen LogP contribution < -0.4 is 5.32 Å². The summed E-state index contributed by atoms with van der Waals surface area (Å²) in [7, 11) is 1.49. The number of nitrogens with one attached hydrogen (secondary N) is 1. The van der Waals surface area contributed by atoms with E-state index in [0.29, 0.717) is 20.5 Å². The number of benzene rings is 1. The second-order valence-electron chi connectivity index (χ2n) is 4.00. The van der Waals surface area contributed by atoms with Crippen molar-refractivity contribution in [3.63, 3.8) is 0 Å². The van der Waals surface area contributed by atoms with Crippen molar-refractivity contribution in [1.82, 2.24) is 5.32 Å². The van der Waals surface area contributed by atoms with Gasteiger partial charge >= 0.3 is 0 Å². The first-order chi connectivity index (χ1) is 9.75. The predicted octanol–water partition coefficient (Wildman–Crippen LogP) is 3.91. The Bertz CT molecular complexity index is 767. The molecule has 0 spiro atoms. The molecule has 2 rings (SSSR count). The van der Waals surface area contributed by atoms with Gasteiger partial charge in [0.1, 0.15) is 4.21 Å². The minimum Gasteiger partial charge on any atom is -0.347 e. The minimum atomic E-state index is -3.74. The molecule has 0 saturated heterocycles. The molecule has 1 N–H and O–H groups in total. The first kappa shape index (κ1) is 16.6. The Morgan fingerprint density at radius 2 is 1.76 bits per heavy atom. The Balaban J connectivity index is 2.06. The summed E-state index contributed by atoms with van der Waals surface area (Å²) in [4.78, 5) is 12.6. The van der Waals surface area contributed by atoms with E-state index in [2.05, 4.69) is 5.32 Å². The van der Waals surface area contributed by atoms with Gasteiger partial charge in [-0.1, -0.05) is 23.2 Å². The predicted molar refractivity (Wildman–Crippen MR) is 85.0 cm³/mol. The maximum atomic E-state index is 12.0. The Hall–Kier alpha value is -0.790. The van der Waals surface area contributed by atoms with Crippen molar-refractivity contribution < 1.29 is 13.2 Å². The van der Waals surface area contributed by atoms with Crippen LogP contribution in [0.4, 0.5) is 0 Å². The van der Waals surface area contributed by atoms with Crippen LogP contribution in [0.1, 0.15) is 15.2 Å². The highest BCUT2D eigenvalue weighted by Crippen LogP contribution is 2.25. The number of rotatable bonds is 4. The van der Waals surface area contributed by atoms with Gasteiger partial charge < -0.3 is 5.32 Å². The number of amides is 1. The van der Waals surface area contributed by atoms with Gasteiger partial charge in [-0.25, -0.2) is 8.42 Å². The Labute approximate surface area is 140 Å². The molecule has 21 heavy (non-hydrogen) atoms. The van der Waals surface area contributed by atoms with Crippen LogP contribution in [0.3, 0.4) is 0 Å². The van der Waals surface area contributed by atoms with E-state index in [-0.39, 0.29) is 16.7 Å². The van der Waals surface area contributed by atoms with Crippen LogP contribution in [0, 0.1) is 0 Å². The van der Waals surface area contributed by atoms with Crippen molar-refractivity contribution in [2.75, 3.05) is 0 Å². The maximum Gasteiger partial charge on any atom is 0.270 e. The number of carbonyl (C=O) groups excluding carboxylic acids is 1. The molecular weight excluding hydrogens is 377 g/mol. The van der Waals surface area contributed by atoms with Crippen molar-refractivity contribution in [3.8, 4) is 0 Å². The lowest BCUT2D eigenvalue weighted by Gasteiger charge is -2.04. The summed E-state index contributed by atoms with van der Waals surface area (Å²) in [5, 5.41) is 3.37. The summed E-state index contributed by atoms with van der Waals surface area (Å²) in [6.07, 6.45) is 0. The minimum absolute atomic E-state index is 0.0409. The van der Waals surface area contributed by atoms with Crippen molar-refractivity contribution in [3.05, 3.63) is 50.8 Å². The van der Waals surface area contributed by atoms with Crippen LogP contribution >= 0.6 is 45.2 Å². The third kappa shape index (κ3) is 4.59. The van der Waals surface area contributed by atoms with E-state index < -0.39 is 9.05 Å². The zero-order valence-electron chi connectivity index (χ0n) is 10.3. The van der Waals surface area contributed by atoms with Crippen molar-refractivity contribution in [2.45, 2.75) is 10.8 Å². The first-order valence-electron chi connectivity index (χ1n) is 5.53. The number of halogens is 3. The van der Waals surface area contributed by atoms with E-state index in [1.165, 1.54) is 24.3 Å². The van der Waals surface area contributed by atoms with Crippen molar-refractivity contribution >= 4 is 60.2 Å². The molecule has 1 amide bonds. The number of carbonyl (C=O) groups is 1. The van der Waals surface area contributed by atoms with Crippen LogP contribution in [0.15, 0.2) is 34.5 Å². The molecule has 0 saturated carbocycles.